The van der Waals surface area contributed by atoms with Crippen molar-refractivity contribution < 1.29 is 19.1 Å². The van der Waals surface area contributed by atoms with Gasteiger partial charge in [0.1, 0.15) is 11.6 Å². The summed E-state index contributed by atoms with van der Waals surface area (Å²) in [5, 5.41) is 0. The van der Waals surface area contributed by atoms with Crippen LogP contribution in [0.3, 0.4) is 0 Å². The minimum Gasteiger partial charge on any atom is -0.496 e. The minimum atomic E-state index is -0.444. The standard InChI is InChI=1S/C16H23ClN2O4/c1-12-13(6-5-7-14(12)22-3)11-19(15(20)10-17)9-8-18(2)16(21)23-4/h5-7H,8-11H2,1-4H3. The second-order valence-electron chi connectivity index (χ2n) is 5.08. The molecule has 1 aromatic carbocycles. The van der Waals surface area contributed by atoms with Crippen molar-refractivity contribution in [1.29, 1.82) is 0 Å². The third-order valence-corrected chi connectivity index (χ3v) is 3.86. The number of likely N-dealkylation sites (N-methyl/N-ethyl adjacent to an activating group) is 1. The number of nitrogens with zero attached hydrogens (tertiary/aromatic N) is 2. The molecule has 0 unspecified atom stereocenters. The first-order valence-corrected chi connectivity index (χ1v) is 7.73. The molecule has 0 aliphatic rings. The van der Waals surface area contributed by atoms with Crippen molar-refractivity contribution in [2.24, 2.45) is 0 Å². The number of hydrogen-bond acceptors (Lipinski definition) is 4. The van der Waals surface area contributed by atoms with E-state index in [1.807, 2.05) is 25.1 Å². The molecule has 0 atom stereocenters. The molecular weight excluding hydrogens is 320 g/mol. The quantitative estimate of drug-likeness (QED) is 0.713. The molecule has 2 amide bonds. The number of carbonyl (C=O) groups is 2. The average Bonchev–Trinajstić information content (AvgIpc) is 2.58. The molecule has 0 aliphatic heterocycles. The molecule has 1 aromatic rings. The van der Waals surface area contributed by atoms with Crippen molar-refractivity contribution in [3.8, 4) is 5.75 Å². The van der Waals surface area contributed by atoms with E-state index in [-0.39, 0.29) is 11.8 Å². The zero-order valence-electron chi connectivity index (χ0n) is 14.0. The summed E-state index contributed by atoms with van der Waals surface area (Å²) in [4.78, 5) is 26.5. The second kappa shape index (κ2) is 9.25. The molecule has 0 aliphatic carbocycles. The van der Waals surface area contributed by atoms with Gasteiger partial charge >= 0.3 is 6.09 Å². The smallest absolute Gasteiger partial charge is 0.409 e. The van der Waals surface area contributed by atoms with E-state index in [0.717, 1.165) is 16.9 Å². The normalized spacial score (nSPS) is 10.1. The molecule has 0 N–H and O–H groups in total. The lowest BCUT2D eigenvalue weighted by molar-refractivity contribution is -0.129. The summed E-state index contributed by atoms with van der Waals surface area (Å²) in [5.41, 5.74) is 1.95. The predicted molar refractivity (Wildman–Crippen MR) is 88.9 cm³/mol. The Morgan fingerprint density at radius 1 is 1.22 bits per heavy atom. The van der Waals surface area contributed by atoms with Crippen LogP contribution < -0.4 is 4.74 Å². The number of halogens is 1. The Labute approximate surface area is 141 Å². The fraction of sp³-hybridized carbons (Fsp3) is 0.500. The molecule has 0 saturated heterocycles. The maximum absolute atomic E-state index is 12.1. The van der Waals surface area contributed by atoms with Gasteiger partial charge in [-0.1, -0.05) is 12.1 Å². The van der Waals surface area contributed by atoms with Gasteiger partial charge in [0, 0.05) is 26.7 Å². The first-order valence-electron chi connectivity index (χ1n) is 7.19. The lowest BCUT2D eigenvalue weighted by atomic mass is 10.1. The predicted octanol–water partition coefficient (Wildman–Crippen LogP) is 2.27. The molecule has 1 rings (SSSR count). The molecular formula is C16H23ClN2O4. The Morgan fingerprint density at radius 2 is 1.91 bits per heavy atom. The Morgan fingerprint density at radius 3 is 2.48 bits per heavy atom. The highest BCUT2D eigenvalue weighted by Crippen LogP contribution is 2.22. The van der Waals surface area contributed by atoms with Crippen molar-refractivity contribution in [3.05, 3.63) is 29.3 Å². The number of carbonyl (C=O) groups excluding carboxylic acids is 2. The van der Waals surface area contributed by atoms with Gasteiger partial charge in [-0.15, -0.1) is 11.6 Å². The van der Waals surface area contributed by atoms with Crippen LogP contribution in [0.4, 0.5) is 4.79 Å². The van der Waals surface area contributed by atoms with Crippen LogP contribution in [0.15, 0.2) is 18.2 Å². The van der Waals surface area contributed by atoms with Crippen LogP contribution >= 0.6 is 11.6 Å². The Bertz CT molecular complexity index is 551. The van der Waals surface area contributed by atoms with E-state index >= 15 is 0 Å². The molecule has 0 fully saturated rings. The zero-order chi connectivity index (χ0) is 17.4. The van der Waals surface area contributed by atoms with Crippen molar-refractivity contribution in [2.75, 3.05) is 40.2 Å². The van der Waals surface area contributed by atoms with Crippen LogP contribution in [0.1, 0.15) is 11.1 Å². The Balaban J connectivity index is 2.83. The molecule has 0 radical (unpaired) electrons. The van der Waals surface area contributed by atoms with Crippen LogP contribution in [0, 0.1) is 6.92 Å². The number of benzene rings is 1. The molecule has 23 heavy (non-hydrogen) atoms. The van der Waals surface area contributed by atoms with Crippen molar-refractivity contribution in [3.63, 3.8) is 0 Å². The SMILES string of the molecule is COC(=O)N(C)CCN(Cc1cccc(OC)c1C)C(=O)CCl. The van der Waals surface area contributed by atoms with Crippen molar-refractivity contribution >= 4 is 23.6 Å². The van der Waals surface area contributed by atoms with E-state index < -0.39 is 6.09 Å². The van der Waals surface area contributed by atoms with Crippen molar-refractivity contribution in [1.82, 2.24) is 9.80 Å². The monoisotopic (exact) mass is 342 g/mol. The van der Waals surface area contributed by atoms with Gasteiger partial charge in [-0.2, -0.15) is 0 Å². The van der Waals surface area contributed by atoms with Crippen LogP contribution in [-0.4, -0.2) is 62.0 Å². The van der Waals surface area contributed by atoms with Gasteiger partial charge in [0.15, 0.2) is 0 Å². The Kier molecular flexibility index (Phi) is 7.68. The van der Waals surface area contributed by atoms with E-state index in [4.69, 9.17) is 16.3 Å². The lowest BCUT2D eigenvalue weighted by Crippen LogP contribution is -2.39. The first kappa shape index (κ1) is 19.1. The van der Waals surface area contributed by atoms with Crippen LogP contribution in [0.2, 0.25) is 0 Å². The summed E-state index contributed by atoms with van der Waals surface area (Å²) >= 11 is 5.70. The van der Waals surface area contributed by atoms with Gasteiger partial charge < -0.3 is 19.3 Å². The summed E-state index contributed by atoms with van der Waals surface area (Å²) in [5.74, 6) is 0.477. The number of amides is 2. The molecule has 7 heteroatoms. The highest BCUT2D eigenvalue weighted by atomic mass is 35.5. The molecule has 0 heterocycles. The van der Waals surface area contributed by atoms with Gasteiger partial charge in [-0.25, -0.2) is 4.79 Å². The maximum Gasteiger partial charge on any atom is 0.409 e. The molecule has 0 aromatic heterocycles. The number of alkyl halides is 1. The summed E-state index contributed by atoms with van der Waals surface area (Å²) in [6.45, 7) is 3.08. The topological polar surface area (TPSA) is 59.1 Å². The largest absolute Gasteiger partial charge is 0.496 e. The van der Waals surface area contributed by atoms with Crippen LogP contribution in [0.25, 0.3) is 0 Å². The van der Waals surface area contributed by atoms with Crippen LogP contribution in [-0.2, 0) is 16.1 Å². The van der Waals surface area contributed by atoms with Gasteiger partial charge in [0.25, 0.3) is 0 Å². The Hall–Kier alpha value is -1.95. The van der Waals surface area contributed by atoms with Crippen LogP contribution in [0.5, 0.6) is 5.75 Å². The minimum absolute atomic E-state index is 0.106. The van der Waals surface area contributed by atoms with E-state index in [9.17, 15) is 9.59 Å². The highest BCUT2D eigenvalue weighted by molar-refractivity contribution is 6.27. The summed E-state index contributed by atoms with van der Waals surface area (Å²) in [6, 6.07) is 5.69. The van der Waals surface area contributed by atoms with Gasteiger partial charge in [-0.3, -0.25) is 4.79 Å². The highest BCUT2D eigenvalue weighted by Gasteiger charge is 2.17. The molecule has 0 spiro atoms. The average molecular weight is 343 g/mol. The molecule has 128 valence electrons. The first-order chi connectivity index (χ1) is 10.9. The maximum atomic E-state index is 12.1. The summed E-state index contributed by atoms with van der Waals surface area (Å²) < 4.78 is 9.94. The molecule has 6 nitrogen and oxygen atoms in total. The second-order valence-corrected chi connectivity index (χ2v) is 5.35. The summed E-state index contributed by atoms with van der Waals surface area (Å²) in [6.07, 6.45) is -0.444. The van der Waals surface area contributed by atoms with Crippen molar-refractivity contribution in [2.45, 2.75) is 13.5 Å². The zero-order valence-corrected chi connectivity index (χ0v) is 14.7. The lowest BCUT2D eigenvalue weighted by Gasteiger charge is -2.25. The number of hydrogen-bond donors (Lipinski definition) is 0. The number of ether oxygens (including phenoxy) is 2. The number of rotatable bonds is 7. The van der Waals surface area contributed by atoms with E-state index in [2.05, 4.69) is 4.74 Å². The fourth-order valence-corrected chi connectivity index (χ4v) is 2.32. The van der Waals surface area contributed by atoms with Gasteiger partial charge in [-0.05, 0) is 24.1 Å². The van der Waals surface area contributed by atoms with E-state index in [1.54, 1.807) is 19.1 Å². The fourth-order valence-electron chi connectivity index (χ4n) is 2.15. The summed E-state index contributed by atoms with van der Waals surface area (Å²) in [7, 11) is 4.55. The van der Waals surface area contributed by atoms with Gasteiger partial charge in [0.2, 0.25) is 5.91 Å². The third-order valence-electron chi connectivity index (χ3n) is 3.64. The molecule has 0 saturated carbocycles. The molecule has 0 bridgehead atoms. The third kappa shape index (κ3) is 5.32. The number of methoxy groups -OCH3 is 2. The van der Waals surface area contributed by atoms with Gasteiger partial charge in [0.05, 0.1) is 14.2 Å². The van der Waals surface area contributed by atoms with E-state index in [0.29, 0.717) is 19.6 Å². The van der Waals surface area contributed by atoms with E-state index in [1.165, 1.54) is 12.0 Å².